The van der Waals surface area contributed by atoms with E-state index in [9.17, 15) is 4.79 Å². The Morgan fingerprint density at radius 2 is 2.08 bits per heavy atom. The monoisotopic (exact) mass is 194 g/mol. The van der Waals surface area contributed by atoms with Crippen molar-refractivity contribution in [1.82, 2.24) is 0 Å². The molecule has 0 aromatic carbocycles. The van der Waals surface area contributed by atoms with E-state index in [4.69, 9.17) is 15.9 Å². The number of hydrogen-bond acceptors (Lipinski definition) is 2. The third-order valence-corrected chi connectivity index (χ3v) is 1.15. The molecule has 0 amide bonds. The molecule has 0 rings (SSSR count). The van der Waals surface area contributed by atoms with Gasteiger partial charge in [-0.3, -0.25) is 15.9 Å². The van der Waals surface area contributed by atoms with Crippen molar-refractivity contribution < 1.29 is 27.3 Å². The van der Waals surface area contributed by atoms with E-state index in [1.165, 1.54) is 0 Å². The molecule has 0 aliphatic heterocycles. The van der Waals surface area contributed by atoms with Crippen LogP contribution in [-0.4, -0.2) is 18.4 Å². The molecule has 0 spiro atoms. The van der Waals surface area contributed by atoms with Gasteiger partial charge in [0.2, 0.25) is 5.84 Å². The molecule has 0 saturated heterocycles. The highest BCUT2D eigenvalue weighted by Crippen LogP contribution is 1.95. The minimum atomic E-state index is -0.186. The van der Waals surface area contributed by atoms with Gasteiger partial charge in [-0.1, -0.05) is 0 Å². The summed E-state index contributed by atoms with van der Waals surface area (Å²) in [5, 5.41) is 5.19. The molecule has 0 aliphatic rings. The van der Waals surface area contributed by atoms with Crippen LogP contribution >= 0.6 is 0 Å². The van der Waals surface area contributed by atoms with Crippen molar-refractivity contribution in [2.24, 2.45) is 5.73 Å². The van der Waals surface area contributed by atoms with Crippen LogP contribution in [0.25, 0.3) is 0 Å². The van der Waals surface area contributed by atoms with Gasteiger partial charge in [-0.05, 0) is 13.3 Å². The molecule has 0 aromatic rings. The largest absolute Gasteiger partial charge is 1.00 e. The Morgan fingerprint density at radius 3 is 2.50 bits per heavy atom. The summed E-state index contributed by atoms with van der Waals surface area (Å²) in [6.07, 6.45) is 1.64. The number of carbonyl (C=O) groups excluding carboxylic acids is 1. The lowest BCUT2D eigenvalue weighted by Crippen LogP contribution is -3.00. The Labute approximate surface area is 78.4 Å². The molecule has 0 fully saturated rings. The summed E-state index contributed by atoms with van der Waals surface area (Å²) in [7, 11) is 0. The third kappa shape index (κ3) is 9.23. The number of ether oxygens (including phenoxy) is 1. The van der Waals surface area contributed by atoms with Crippen LogP contribution in [0.3, 0.4) is 0 Å². The van der Waals surface area contributed by atoms with Crippen LogP contribution in [-0.2, 0) is 9.53 Å². The molecule has 0 saturated carbocycles. The maximum atomic E-state index is 10.7. The van der Waals surface area contributed by atoms with Crippen LogP contribution in [0.1, 0.15) is 26.2 Å². The van der Waals surface area contributed by atoms with Gasteiger partial charge in [0.05, 0.1) is 6.61 Å². The molecule has 0 aromatic heterocycles. The average molecular weight is 195 g/mol. The lowest BCUT2D eigenvalue weighted by Gasteiger charge is -1.98. The lowest BCUT2D eigenvalue weighted by atomic mass is 10.2. The zero-order valence-electron chi connectivity index (χ0n) is 7.18. The van der Waals surface area contributed by atoms with Gasteiger partial charge in [-0.2, -0.15) is 0 Å². The standard InChI is InChI=1S/C7H14N2O2.ClH/c1-2-11-7(10)5-3-4-6(8)9;/h2-5H2,1H3,(H3,8,9);1H. The number of nitrogens with two attached hydrogens (primary N) is 2. The number of halogens is 1. The summed E-state index contributed by atoms with van der Waals surface area (Å²) in [4.78, 5) is 10.7. The number of rotatable bonds is 5. The average Bonchev–Trinajstić information content (AvgIpc) is 1.87. The predicted octanol–water partition coefficient (Wildman–Crippen LogP) is -4.16. The van der Waals surface area contributed by atoms with E-state index in [1.807, 2.05) is 0 Å². The quantitative estimate of drug-likeness (QED) is 0.265. The first-order chi connectivity index (χ1) is 5.16. The molecule has 4 nitrogen and oxygen atoms in total. The second kappa shape index (κ2) is 8.33. The first-order valence-corrected chi connectivity index (χ1v) is 3.69. The molecule has 0 aliphatic carbocycles. The van der Waals surface area contributed by atoms with Crippen molar-refractivity contribution in [3.05, 3.63) is 0 Å². The Morgan fingerprint density at radius 1 is 1.50 bits per heavy atom. The smallest absolute Gasteiger partial charge is 0.305 e. The molecule has 72 valence electrons. The first kappa shape index (κ1) is 13.8. The molecule has 0 atom stereocenters. The van der Waals surface area contributed by atoms with Crippen molar-refractivity contribution in [3.63, 3.8) is 0 Å². The van der Waals surface area contributed by atoms with Crippen LogP contribution in [0, 0.1) is 0 Å². The van der Waals surface area contributed by atoms with Gasteiger partial charge in [-0.25, -0.2) is 0 Å². The summed E-state index contributed by atoms with van der Waals surface area (Å²) in [5.74, 6) is 0.183. The van der Waals surface area contributed by atoms with Crippen molar-refractivity contribution in [1.29, 1.82) is 0 Å². The lowest BCUT2D eigenvalue weighted by molar-refractivity contribution is -0.143. The van der Waals surface area contributed by atoms with Gasteiger partial charge in [0.25, 0.3) is 0 Å². The third-order valence-electron chi connectivity index (χ3n) is 1.15. The van der Waals surface area contributed by atoms with Gasteiger partial charge in [0, 0.05) is 12.8 Å². The van der Waals surface area contributed by atoms with Crippen molar-refractivity contribution in [3.8, 4) is 0 Å². The van der Waals surface area contributed by atoms with Crippen molar-refractivity contribution in [2.45, 2.75) is 26.2 Å². The van der Waals surface area contributed by atoms with Crippen LogP contribution in [0.5, 0.6) is 0 Å². The summed E-state index contributed by atoms with van der Waals surface area (Å²) in [6.45, 7) is 2.21. The molecular formula is C7H15ClN2O2. The summed E-state index contributed by atoms with van der Waals surface area (Å²) < 4.78 is 4.69. The summed E-state index contributed by atoms with van der Waals surface area (Å²) in [6, 6.07) is 0. The van der Waals surface area contributed by atoms with Gasteiger partial charge >= 0.3 is 5.97 Å². The second-order valence-electron chi connectivity index (χ2n) is 2.23. The van der Waals surface area contributed by atoms with Crippen LogP contribution in [0.2, 0.25) is 0 Å². The highest BCUT2D eigenvalue weighted by Gasteiger charge is 2.02. The Kier molecular flexibility index (Phi) is 9.57. The van der Waals surface area contributed by atoms with Gasteiger partial charge in [0.1, 0.15) is 0 Å². The van der Waals surface area contributed by atoms with Crippen LogP contribution < -0.4 is 23.5 Å². The van der Waals surface area contributed by atoms with E-state index in [0.717, 1.165) is 0 Å². The maximum Gasteiger partial charge on any atom is 0.305 e. The Balaban J connectivity index is 0. The van der Waals surface area contributed by atoms with Crippen molar-refractivity contribution in [2.75, 3.05) is 6.61 Å². The van der Waals surface area contributed by atoms with E-state index in [0.29, 0.717) is 31.7 Å². The fraction of sp³-hybridized carbons (Fsp3) is 0.714. The normalized spacial score (nSPS) is 8.42. The summed E-state index contributed by atoms with van der Waals surface area (Å²) >= 11 is 0. The van der Waals surface area contributed by atoms with Gasteiger partial charge < -0.3 is 17.1 Å². The minimum Gasteiger partial charge on any atom is -1.00 e. The minimum absolute atomic E-state index is 0. The van der Waals surface area contributed by atoms with E-state index in [2.05, 4.69) is 0 Å². The molecule has 0 bridgehead atoms. The molecule has 0 heterocycles. The maximum absolute atomic E-state index is 10.7. The van der Waals surface area contributed by atoms with E-state index < -0.39 is 0 Å². The molecule has 0 radical (unpaired) electrons. The van der Waals surface area contributed by atoms with Crippen LogP contribution in [0.4, 0.5) is 0 Å². The van der Waals surface area contributed by atoms with E-state index in [1.54, 1.807) is 6.92 Å². The molecule has 4 N–H and O–H groups in total. The van der Waals surface area contributed by atoms with Crippen LogP contribution in [0.15, 0.2) is 0 Å². The second-order valence-corrected chi connectivity index (χ2v) is 2.23. The molecular weight excluding hydrogens is 180 g/mol. The van der Waals surface area contributed by atoms with Gasteiger partial charge in [-0.15, -0.1) is 0 Å². The van der Waals surface area contributed by atoms with Gasteiger partial charge in [0.15, 0.2) is 0 Å². The zero-order valence-corrected chi connectivity index (χ0v) is 7.93. The fourth-order valence-corrected chi connectivity index (χ4v) is 0.670. The topological polar surface area (TPSA) is 77.9 Å². The van der Waals surface area contributed by atoms with E-state index in [-0.39, 0.29) is 18.4 Å². The molecule has 0 unspecified atom stereocenters. The highest BCUT2D eigenvalue weighted by atomic mass is 35.5. The molecule has 5 heteroatoms. The molecule has 12 heavy (non-hydrogen) atoms. The zero-order chi connectivity index (χ0) is 8.69. The number of amidine groups is 1. The number of carbonyl (C=O) groups is 1. The van der Waals surface area contributed by atoms with E-state index >= 15 is 0 Å². The first-order valence-electron chi connectivity index (χ1n) is 3.69. The SMILES string of the molecule is CCOC(=O)CCCC(N)=[NH2+].[Cl-]. The number of hydrogen-bond donors (Lipinski definition) is 2. The fourth-order valence-electron chi connectivity index (χ4n) is 0.670. The highest BCUT2D eigenvalue weighted by molar-refractivity contribution is 5.75. The number of esters is 1. The Bertz CT molecular complexity index is 150. The Hall–Kier alpha value is -0.770. The predicted molar refractivity (Wildman–Crippen MR) is 41.6 cm³/mol. The van der Waals surface area contributed by atoms with Crippen molar-refractivity contribution >= 4 is 11.8 Å². The summed E-state index contributed by atoms with van der Waals surface area (Å²) in [5.41, 5.74) is 5.19.